The molecule has 9 heteroatoms. The molecule has 0 bridgehead atoms. The fourth-order valence-corrected chi connectivity index (χ4v) is 3.29. The molecule has 0 aliphatic carbocycles. The third-order valence-corrected chi connectivity index (χ3v) is 5.09. The van der Waals surface area contributed by atoms with Crippen molar-refractivity contribution in [3.05, 3.63) is 66.0 Å². The zero-order valence-electron chi connectivity index (χ0n) is 16.1. The molecule has 0 unspecified atom stereocenters. The highest BCUT2D eigenvalue weighted by Gasteiger charge is 2.15. The Morgan fingerprint density at radius 3 is 2.55 bits per heavy atom. The number of benzene rings is 2. The summed E-state index contributed by atoms with van der Waals surface area (Å²) in [5, 5.41) is 14.4. The van der Waals surface area contributed by atoms with Crippen LogP contribution in [0.1, 0.15) is 16.2 Å². The molecule has 150 valence electrons. The lowest BCUT2D eigenvalue weighted by Gasteiger charge is -2.09. The van der Waals surface area contributed by atoms with Gasteiger partial charge in [0, 0.05) is 12.7 Å². The van der Waals surface area contributed by atoms with Crippen molar-refractivity contribution in [1.29, 1.82) is 0 Å². The van der Waals surface area contributed by atoms with Gasteiger partial charge >= 0.3 is 0 Å². The van der Waals surface area contributed by atoms with Crippen LogP contribution in [0.25, 0.3) is 0 Å². The second kappa shape index (κ2) is 9.74. The maximum Gasteiger partial charge on any atom is 0.255 e. The highest BCUT2D eigenvalue weighted by molar-refractivity contribution is 7.99. The summed E-state index contributed by atoms with van der Waals surface area (Å²) in [5.41, 5.74) is 1.19. The predicted molar refractivity (Wildman–Crippen MR) is 111 cm³/mol. The van der Waals surface area contributed by atoms with Gasteiger partial charge in [-0.25, -0.2) is 0 Å². The second-order valence-corrected chi connectivity index (χ2v) is 6.99. The number of thioether (sulfide) groups is 1. The molecule has 3 rings (SSSR count). The first-order valence-electron chi connectivity index (χ1n) is 8.85. The predicted octanol–water partition coefficient (Wildman–Crippen LogP) is 2.48. The Labute approximate surface area is 172 Å². The monoisotopic (exact) mass is 411 g/mol. The fourth-order valence-electron chi connectivity index (χ4n) is 2.56. The number of methoxy groups -OCH3 is 1. The molecule has 2 N–H and O–H groups in total. The number of hydrogen-bond acceptors (Lipinski definition) is 6. The van der Waals surface area contributed by atoms with E-state index in [-0.39, 0.29) is 24.1 Å². The van der Waals surface area contributed by atoms with Crippen LogP contribution in [0.15, 0.2) is 59.8 Å². The van der Waals surface area contributed by atoms with Crippen molar-refractivity contribution in [3.8, 4) is 5.75 Å². The molecular formula is C20H21N5O3S. The van der Waals surface area contributed by atoms with E-state index in [1.54, 1.807) is 35.9 Å². The van der Waals surface area contributed by atoms with E-state index >= 15 is 0 Å². The number of aromatic nitrogens is 3. The zero-order chi connectivity index (χ0) is 20.6. The minimum Gasteiger partial charge on any atom is -0.496 e. The average molecular weight is 411 g/mol. The van der Waals surface area contributed by atoms with E-state index in [9.17, 15) is 9.59 Å². The van der Waals surface area contributed by atoms with Crippen molar-refractivity contribution in [2.45, 2.75) is 11.7 Å². The number of anilines is 1. The molecule has 29 heavy (non-hydrogen) atoms. The Kier molecular flexibility index (Phi) is 6.85. The minimum absolute atomic E-state index is 0.129. The second-order valence-electron chi connectivity index (χ2n) is 6.04. The Hall–Kier alpha value is -3.33. The van der Waals surface area contributed by atoms with Gasteiger partial charge in [-0.2, -0.15) is 0 Å². The van der Waals surface area contributed by atoms with Crippen molar-refractivity contribution < 1.29 is 14.3 Å². The van der Waals surface area contributed by atoms with Crippen LogP contribution in [0.4, 0.5) is 5.69 Å². The Morgan fingerprint density at radius 1 is 1.07 bits per heavy atom. The van der Waals surface area contributed by atoms with Gasteiger partial charge in [0.1, 0.15) is 5.75 Å². The number of nitrogens with zero attached hydrogens (tertiary/aromatic N) is 3. The molecule has 2 amide bonds. The first-order chi connectivity index (χ1) is 14.1. The third kappa shape index (κ3) is 5.35. The van der Waals surface area contributed by atoms with E-state index in [2.05, 4.69) is 20.8 Å². The van der Waals surface area contributed by atoms with Gasteiger partial charge in [0.05, 0.1) is 25.0 Å². The molecule has 1 heterocycles. The molecule has 0 saturated heterocycles. The van der Waals surface area contributed by atoms with Gasteiger partial charge < -0.3 is 19.9 Å². The SMILES string of the molecule is COc1ccccc1C(=O)NCc1nnc(SCC(=O)Nc2ccccc2)n1C. The van der Waals surface area contributed by atoms with Crippen LogP contribution in [-0.2, 0) is 18.4 Å². The van der Waals surface area contributed by atoms with Crippen LogP contribution in [-0.4, -0.2) is 39.4 Å². The molecule has 2 aromatic carbocycles. The molecular weight excluding hydrogens is 390 g/mol. The summed E-state index contributed by atoms with van der Waals surface area (Å²) < 4.78 is 6.96. The Morgan fingerprint density at radius 2 is 1.79 bits per heavy atom. The highest BCUT2D eigenvalue weighted by Crippen LogP contribution is 2.18. The molecule has 0 radical (unpaired) electrons. The number of nitrogens with one attached hydrogen (secondary N) is 2. The van der Waals surface area contributed by atoms with E-state index in [1.807, 2.05) is 30.3 Å². The first kappa shape index (κ1) is 20.4. The van der Waals surface area contributed by atoms with Crippen LogP contribution < -0.4 is 15.4 Å². The summed E-state index contributed by atoms with van der Waals surface area (Å²) in [6.45, 7) is 0.206. The number of carbonyl (C=O) groups excluding carboxylic acids is 2. The van der Waals surface area contributed by atoms with E-state index in [4.69, 9.17) is 4.74 Å². The van der Waals surface area contributed by atoms with Crippen LogP contribution in [0.3, 0.4) is 0 Å². The summed E-state index contributed by atoms with van der Waals surface area (Å²) in [7, 11) is 3.31. The largest absolute Gasteiger partial charge is 0.496 e. The molecule has 0 spiro atoms. The van der Waals surface area contributed by atoms with Crippen molar-refractivity contribution >= 4 is 29.3 Å². The van der Waals surface area contributed by atoms with Crippen molar-refractivity contribution in [2.75, 3.05) is 18.2 Å². The molecule has 0 fully saturated rings. The molecule has 8 nitrogen and oxygen atoms in total. The first-order valence-corrected chi connectivity index (χ1v) is 9.84. The van der Waals surface area contributed by atoms with Crippen molar-refractivity contribution in [1.82, 2.24) is 20.1 Å². The molecule has 0 aliphatic rings. The van der Waals surface area contributed by atoms with E-state index in [0.29, 0.717) is 22.3 Å². The lowest BCUT2D eigenvalue weighted by atomic mass is 10.2. The van der Waals surface area contributed by atoms with Crippen LogP contribution >= 0.6 is 11.8 Å². The zero-order valence-corrected chi connectivity index (χ0v) is 16.9. The lowest BCUT2D eigenvalue weighted by Crippen LogP contribution is -2.25. The van der Waals surface area contributed by atoms with E-state index in [0.717, 1.165) is 5.69 Å². The Balaban J connectivity index is 1.54. The summed E-state index contributed by atoms with van der Waals surface area (Å²) >= 11 is 1.28. The van der Waals surface area contributed by atoms with Gasteiger partial charge in [0.15, 0.2) is 11.0 Å². The summed E-state index contributed by atoms with van der Waals surface area (Å²) in [6.07, 6.45) is 0. The number of carbonyl (C=O) groups is 2. The van der Waals surface area contributed by atoms with Crippen molar-refractivity contribution in [3.63, 3.8) is 0 Å². The average Bonchev–Trinajstić information content (AvgIpc) is 3.10. The number of amides is 2. The van der Waals surface area contributed by atoms with Crippen LogP contribution in [0.5, 0.6) is 5.75 Å². The highest BCUT2D eigenvalue weighted by atomic mass is 32.2. The molecule has 0 saturated carbocycles. The number of rotatable bonds is 8. The van der Waals surface area contributed by atoms with Gasteiger partial charge in [-0.3, -0.25) is 9.59 Å². The molecule has 0 atom stereocenters. The Bertz CT molecular complexity index is 991. The normalized spacial score (nSPS) is 10.4. The maximum absolute atomic E-state index is 12.4. The maximum atomic E-state index is 12.4. The molecule has 3 aromatic rings. The number of ether oxygens (including phenoxy) is 1. The lowest BCUT2D eigenvalue weighted by molar-refractivity contribution is -0.113. The van der Waals surface area contributed by atoms with Crippen molar-refractivity contribution in [2.24, 2.45) is 7.05 Å². The number of para-hydroxylation sites is 2. The molecule has 1 aromatic heterocycles. The summed E-state index contributed by atoms with van der Waals surface area (Å²) in [6, 6.07) is 16.3. The van der Waals surface area contributed by atoms with E-state index < -0.39 is 0 Å². The standard InChI is InChI=1S/C20H21N5O3S/c1-25-17(12-21-19(27)15-10-6-7-11-16(15)28-2)23-24-20(25)29-13-18(26)22-14-8-4-3-5-9-14/h3-11H,12-13H2,1-2H3,(H,21,27)(H,22,26). The van der Waals surface area contributed by atoms with Crippen LogP contribution in [0.2, 0.25) is 0 Å². The van der Waals surface area contributed by atoms with Crippen LogP contribution in [0, 0.1) is 0 Å². The van der Waals surface area contributed by atoms with Gasteiger partial charge in [0.25, 0.3) is 5.91 Å². The quantitative estimate of drug-likeness (QED) is 0.553. The van der Waals surface area contributed by atoms with Gasteiger partial charge in [-0.15, -0.1) is 10.2 Å². The smallest absolute Gasteiger partial charge is 0.255 e. The van der Waals surface area contributed by atoms with Gasteiger partial charge in [0.2, 0.25) is 5.91 Å². The topological polar surface area (TPSA) is 98.1 Å². The molecule has 0 aliphatic heterocycles. The third-order valence-electron chi connectivity index (χ3n) is 4.07. The fraction of sp³-hybridized carbons (Fsp3) is 0.200. The number of hydrogen-bond donors (Lipinski definition) is 2. The summed E-state index contributed by atoms with van der Waals surface area (Å²) in [4.78, 5) is 24.5. The van der Waals surface area contributed by atoms with Gasteiger partial charge in [-0.05, 0) is 24.3 Å². The minimum atomic E-state index is -0.262. The van der Waals surface area contributed by atoms with Gasteiger partial charge in [-0.1, -0.05) is 42.1 Å². The van der Waals surface area contributed by atoms with E-state index in [1.165, 1.54) is 18.9 Å². The summed E-state index contributed by atoms with van der Waals surface area (Å²) in [5.74, 6) is 0.897.